The molecule has 1 heterocycles. The zero-order valence-electron chi connectivity index (χ0n) is 10.9. The summed E-state index contributed by atoms with van der Waals surface area (Å²) in [5.74, 6) is -0.320. The van der Waals surface area contributed by atoms with E-state index in [4.69, 9.17) is 11.0 Å². The van der Waals surface area contributed by atoms with Gasteiger partial charge in [-0.15, -0.1) is 0 Å². The van der Waals surface area contributed by atoms with Gasteiger partial charge in [-0.2, -0.15) is 5.26 Å². The summed E-state index contributed by atoms with van der Waals surface area (Å²) in [5, 5.41) is 9.12. The number of halogens is 1. The van der Waals surface area contributed by atoms with Crippen molar-refractivity contribution in [1.82, 2.24) is 0 Å². The van der Waals surface area contributed by atoms with Gasteiger partial charge in [-0.05, 0) is 41.8 Å². The predicted molar refractivity (Wildman–Crippen MR) is 76.7 cm³/mol. The summed E-state index contributed by atoms with van der Waals surface area (Å²) >= 11 is 0. The number of hydrogen-bond donors (Lipinski definition) is 1. The van der Waals surface area contributed by atoms with Crippen LogP contribution in [0.4, 0.5) is 15.8 Å². The number of nitrogens with zero attached hydrogens (tertiary/aromatic N) is 2. The molecule has 0 saturated heterocycles. The molecule has 2 aromatic carbocycles. The number of rotatable bonds is 2. The summed E-state index contributed by atoms with van der Waals surface area (Å²) in [7, 11) is 0. The molecular weight excluding hydrogens is 253 g/mol. The lowest BCUT2D eigenvalue weighted by molar-refractivity contribution is 0.624. The molecule has 4 heteroatoms. The van der Waals surface area contributed by atoms with E-state index in [0.29, 0.717) is 17.7 Å². The van der Waals surface area contributed by atoms with E-state index in [0.717, 1.165) is 24.3 Å². The van der Waals surface area contributed by atoms with Crippen LogP contribution in [-0.2, 0) is 13.0 Å². The van der Waals surface area contributed by atoms with Crippen LogP contribution in [0.5, 0.6) is 0 Å². The van der Waals surface area contributed by atoms with E-state index < -0.39 is 0 Å². The third kappa shape index (κ3) is 2.08. The van der Waals surface area contributed by atoms with Crippen molar-refractivity contribution in [2.45, 2.75) is 13.0 Å². The molecule has 0 radical (unpaired) electrons. The first kappa shape index (κ1) is 12.5. The molecule has 0 aliphatic carbocycles. The summed E-state index contributed by atoms with van der Waals surface area (Å²) in [4.78, 5) is 2.11. The fraction of sp³-hybridized carbons (Fsp3) is 0.188. The number of nitriles is 1. The fourth-order valence-corrected chi connectivity index (χ4v) is 2.73. The van der Waals surface area contributed by atoms with E-state index in [1.807, 2.05) is 12.1 Å². The van der Waals surface area contributed by atoms with Crippen molar-refractivity contribution in [3.05, 3.63) is 58.9 Å². The summed E-state index contributed by atoms with van der Waals surface area (Å²) in [6.45, 7) is 1.34. The van der Waals surface area contributed by atoms with Crippen molar-refractivity contribution < 1.29 is 4.39 Å². The minimum atomic E-state index is -0.320. The standard InChI is InChI=1S/C16H14FN3/c17-14-5-4-12(9-18)13(8-14)10-20-7-6-11-2-1-3-15(19)16(11)20/h1-5,8H,6-7,10,19H2. The van der Waals surface area contributed by atoms with Crippen molar-refractivity contribution in [2.75, 3.05) is 17.2 Å². The van der Waals surface area contributed by atoms with Gasteiger partial charge in [-0.25, -0.2) is 4.39 Å². The van der Waals surface area contributed by atoms with Crippen LogP contribution in [0.15, 0.2) is 36.4 Å². The Bertz CT molecular complexity index is 703. The lowest BCUT2D eigenvalue weighted by Gasteiger charge is -2.21. The Morgan fingerprint density at radius 3 is 2.95 bits per heavy atom. The maximum Gasteiger partial charge on any atom is 0.123 e. The highest BCUT2D eigenvalue weighted by atomic mass is 19.1. The second-order valence-corrected chi connectivity index (χ2v) is 4.94. The molecule has 0 unspecified atom stereocenters. The first-order chi connectivity index (χ1) is 9.69. The predicted octanol–water partition coefficient (Wildman–Crippen LogP) is 2.84. The molecule has 0 bridgehead atoms. The van der Waals surface area contributed by atoms with Gasteiger partial charge in [0.25, 0.3) is 0 Å². The number of fused-ring (bicyclic) bond motifs is 1. The molecule has 1 aliphatic heterocycles. The van der Waals surface area contributed by atoms with Crippen LogP contribution in [0.25, 0.3) is 0 Å². The molecule has 2 N–H and O–H groups in total. The topological polar surface area (TPSA) is 53.0 Å². The van der Waals surface area contributed by atoms with Crippen LogP contribution in [-0.4, -0.2) is 6.54 Å². The van der Waals surface area contributed by atoms with Crippen molar-refractivity contribution in [1.29, 1.82) is 5.26 Å². The highest BCUT2D eigenvalue weighted by Gasteiger charge is 2.22. The summed E-state index contributed by atoms with van der Waals surface area (Å²) in [6.07, 6.45) is 0.928. The second kappa shape index (κ2) is 4.86. The largest absolute Gasteiger partial charge is 0.397 e. The smallest absolute Gasteiger partial charge is 0.123 e. The van der Waals surface area contributed by atoms with E-state index in [1.54, 1.807) is 0 Å². The van der Waals surface area contributed by atoms with Crippen molar-refractivity contribution in [3.8, 4) is 6.07 Å². The Hall–Kier alpha value is -2.54. The summed E-state index contributed by atoms with van der Waals surface area (Å²) < 4.78 is 13.4. The molecule has 0 atom stereocenters. The third-order valence-corrected chi connectivity index (χ3v) is 3.67. The first-order valence-electron chi connectivity index (χ1n) is 6.50. The quantitative estimate of drug-likeness (QED) is 0.851. The minimum Gasteiger partial charge on any atom is -0.397 e. The SMILES string of the molecule is N#Cc1ccc(F)cc1CN1CCc2cccc(N)c21. The Morgan fingerprint density at radius 1 is 1.30 bits per heavy atom. The lowest BCUT2D eigenvalue weighted by atomic mass is 10.1. The molecule has 100 valence electrons. The van der Waals surface area contributed by atoms with Crippen molar-refractivity contribution >= 4 is 11.4 Å². The lowest BCUT2D eigenvalue weighted by Crippen LogP contribution is -2.21. The van der Waals surface area contributed by atoms with Gasteiger partial charge in [-0.1, -0.05) is 12.1 Å². The highest BCUT2D eigenvalue weighted by molar-refractivity contribution is 5.74. The van der Waals surface area contributed by atoms with E-state index in [-0.39, 0.29) is 5.82 Å². The van der Waals surface area contributed by atoms with Crippen LogP contribution in [0.2, 0.25) is 0 Å². The number of anilines is 2. The van der Waals surface area contributed by atoms with Gasteiger partial charge >= 0.3 is 0 Å². The van der Waals surface area contributed by atoms with Gasteiger partial charge in [0.05, 0.1) is 23.0 Å². The molecule has 0 aromatic heterocycles. The fourth-order valence-electron chi connectivity index (χ4n) is 2.73. The first-order valence-corrected chi connectivity index (χ1v) is 6.50. The number of para-hydroxylation sites is 1. The monoisotopic (exact) mass is 267 g/mol. The number of nitrogens with two attached hydrogens (primary N) is 1. The minimum absolute atomic E-state index is 0.320. The zero-order valence-corrected chi connectivity index (χ0v) is 10.9. The van der Waals surface area contributed by atoms with Gasteiger partial charge in [0.2, 0.25) is 0 Å². The van der Waals surface area contributed by atoms with E-state index in [1.165, 1.54) is 23.8 Å². The molecule has 0 amide bonds. The van der Waals surface area contributed by atoms with Crippen LogP contribution in [0.1, 0.15) is 16.7 Å². The molecular formula is C16H14FN3. The van der Waals surface area contributed by atoms with E-state index >= 15 is 0 Å². The Balaban J connectivity index is 1.96. The van der Waals surface area contributed by atoms with Crippen LogP contribution >= 0.6 is 0 Å². The second-order valence-electron chi connectivity index (χ2n) is 4.94. The van der Waals surface area contributed by atoms with Crippen molar-refractivity contribution in [3.63, 3.8) is 0 Å². The van der Waals surface area contributed by atoms with Crippen LogP contribution in [0.3, 0.4) is 0 Å². The highest BCUT2D eigenvalue weighted by Crippen LogP contribution is 2.34. The number of benzene rings is 2. The normalized spacial score (nSPS) is 13.1. The molecule has 0 fully saturated rings. The molecule has 1 aliphatic rings. The molecule has 2 aromatic rings. The van der Waals surface area contributed by atoms with Gasteiger partial charge in [0, 0.05) is 13.1 Å². The number of nitrogen functional groups attached to an aromatic ring is 1. The molecule has 3 nitrogen and oxygen atoms in total. The van der Waals surface area contributed by atoms with Gasteiger partial charge in [-0.3, -0.25) is 0 Å². The van der Waals surface area contributed by atoms with E-state index in [2.05, 4.69) is 17.0 Å². The Labute approximate surface area is 117 Å². The van der Waals surface area contributed by atoms with Crippen LogP contribution in [0, 0.1) is 17.1 Å². The Morgan fingerprint density at radius 2 is 2.15 bits per heavy atom. The third-order valence-electron chi connectivity index (χ3n) is 3.67. The molecule has 20 heavy (non-hydrogen) atoms. The van der Waals surface area contributed by atoms with Gasteiger partial charge in [0.1, 0.15) is 5.82 Å². The zero-order chi connectivity index (χ0) is 14.1. The maximum atomic E-state index is 13.4. The average molecular weight is 267 g/mol. The van der Waals surface area contributed by atoms with Crippen LogP contribution < -0.4 is 10.6 Å². The maximum absolute atomic E-state index is 13.4. The number of hydrogen-bond acceptors (Lipinski definition) is 3. The Kier molecular flexibility index (Phi) is 3.03. The van der Waals surface area contributed by atoms with Crippen molar-refractivity contribution in [2.24, 2.45) is 0 Å². The average Bonchev–Trinajstić information content (AvgIpc) is 2.84. The van der Waals surface area contributed by atoms with Gasteiger partial charge < -0.3 is 10.6 Å². The molecule has 3 rings (SSSR count). The van der Waals surface area contributed by atoms with E-state index in [9.17, 15) is 4.39 Å². The van der Waals surface area contributed by atoms with Gasteiger partial charge in [0.15, 0.2) is 0 Å². The summed E-state index contributed by atoms with van der Waals surface area (Å²) in [6, 6.07) is 12.2. The molecule has 0 saturated carbocycles. The summed E-state index contributed by atoms with van der Waals surface area (Å²) in [5.41, 5.74) is 10.2. The molecule has 0 spiro atoms.